The van der Waals surface area contributed by atoms with Gasteiger partial charge in [-0.3, -0.25) is 4.79 Å². The summed E-state index contributed by atoms with van der Waals surface area (Å²) in [5, 5.41) is 0. The molecule has 0 radical (unpaired) electrons. The Morgan fingerprint density at radius 1 is 1.56 bits per heavy atom. The van der Waals surface area contributed by atoms with E-state index >= 15 is 0 Å². The Bertz CT molecular complexity index is 341. The van der Waals surface area contributed by atoms with Gasteiger partial charge in [-0.1, -0.05) is 0 Å². The topological polar surface area (TPSA) is 75.7 Å². The van der Waals surface area contributed by atoms with Crippen LogP contribution in [0.3, 0.4) is 0 Å². The highest BCUT2D eigenvalue weighted by molar-refractivity contribution is 7.88. The molecule has 0 aromatic rings. The number of rotatable bonds is 4. The van der Waals surface area contributed by atoms with Gasteiger partial charge < -0.3 is 9.64 Å². The smallest absolute Gasteiger partial charge is 0.224 e. The second kappa shape index (κ2) is 5.60. The molecule has 1 saturated heterocycles. The van der Waals surface area contributed by atoms with Crippen LogP contribution in [-0.2, 0) is 19.6 Å². The van der Waals surface area contributed by atoms with Crippen LogP contribution in [0, 0.1) is 0 Å². The highest BCUT2D eigenvalue weighted by Crippen LogP contribution is 2.05. The van der Waals surface area contributed by atoms with E-state index in [1.165, 1.54) is 0 Å². The number of carbonyl (C=O) groups is 1. The van der Waals surface area contributed by atoms with Crippen LogP contribution < -0.4 is 4.72 Å². The third-order valence-corrected chi connectivity index (χ3v) is 3.03. The number of carbonyl (C=O) groups excluding carboxylic acids is 1. The zero-order chi connectivity index (χ0) is 12.2. The molecule has 0 aromatic carbocycles. The first-order valence-electron chi connectivity index (χ1n) is 5.22. The van der Waals surface area contributed by atoms with Crippen LogP contribution in [0.15, 0.2) is 0 Å². The van der Waals surface area contributed by atoms with Crippen molar-refractivity contribution in [3.63, 3.8) is 0 Å². The first-order valence-corrected chi connectivity index (χ1v) is 7.11. The molecule has 1 amide bonds. The maximum atomic E-state index is 11.7. The number of morpholine rings is 1. The molecule has 1 atom stereocenters. The van der Waals surface area contributed by atoms with Crippen LogP contribution in [0.25, 0.3) is 0 Å². The van der Waals surface area contributed by atoms with E-state index < -0.39 is 10.0 Å². The summed E-state index contributed by atoms with van der Waals surface area (Å²) in [6, 6.07) is 0. The normalized spacial score (nSPS) is 22.1. The summed E-state index contributed by atoms with van der Waals surface area (Å²) in [5.74, 6) is -0.0358. The number of sulfonamides is 1. The Hall–Kier alpha value is -0.660. The van der Waals surface area contributed by atoms with Crippen LogP contribution >= 0.6 is 0 Å². The lowest BCUT2D eigenvalue weighted by Crippen LogP contribution is -2.45. The maximum Gasteiger partial charge on any atom is 0.224 e. The van der Waals surface area contributed by atoms with E-state index in [4.69, 9.17) is 4.74 Å². The molecule has 1 aliphatic rings. The lowest BCUT2D eigenvalue weighted by Gasteiger charge is -2.31. The molecule has 7 heteroatoms. The predicted molar refractivity (Wildman–Crippen MR) is 59.5 cm³/mol. The van der Waals surface area contributed by atoms with Crippen molar-refractivity contribution in [3.8, 4) is 0 Å². The van der Waals surface area contributed by atoms with Gasteiger partial charge in [-0.25, -0.2) is 13.1 Å². The molecule has 6 nitrogen and oxygen atoms in total. The van der Waals surface area contributed by atoms with Crippen LogP contribution in [-0.4, -0.2) is 57.8 Å². The van der Waals surface area contributed by atoms with Crippen molar-refractivity contribution in [3.05, 3.63) is 0 Å². The highest BCUT2D eigenvalue weighted by Gasteiger charge is 2.20. The number of nitrogens with one attached hydrogen (secondary N) is 1. The molecule has 0 saturated carbocycles. The van der Waals surface area contributed by atoms with Gasteiger partial charge in [0.2, 0.25) is 15.9 Å². The number of nitrogens with zero attached hydrogens (tertiary/aromatic N) is 1. The minimum atomic E-state index is -3.21. The van der Waals surface area contributed by atoms with Crippen LogP contribution in [0.1, 0.15) is 13.3 Å². The number of amides is 1. The first kappa shape index (κ1) is 13.4. The van der Waals surface area contributed by atoms with E-state index in [0.29, 0.717) is 19.7 Å². The van der Waals surface area contributed by atoms with Crippen molar-refractivity contribution in [1.82, 2.24) is 9.62 Å². The Morgan fingerprint density at radius 3 is 2.81 bits per heavy atom. The molecular formula is C9H18N2O4S. The predicted octanol–water partition coefficient (Wildman–Crippen LogP) is -0.827. The molecule has 0 spiro atoms. The molecule has 0 aromatic heterocycles. The molecule has 0 aliphatic carbocycles. The largest absolute Gasteiger partial charge is 0.375 e. The average molecular weight is 250 g/mol. The van der Waals surface area contributed by atoms with Gasteiger partial charge in [-0.2, -0.15) is 0 Å². The van der Waals surface area contributed by atoms with E-state index in [1.807, 2.05) is 6.92 Å². The van der Waals surface area contributed by atoms with Crippen LogP contribution in [0.4, 0.5) is 0 Å². The molecule has 94 valence electrons. The molecule has 0 bridgehead atoms. The summed E-state index contributed by atoms with van der Waals surface area (Å²) in [7, 11) is -3.21. The average Bonchev–Trinajstić information content (AvgIpc) is 2.15. The van der Waals surface area contributed by atoms with E-state index in [1.54, 1.807) is 4.90 Å². The van der Waals surface area contributed by atoms with Crippen molar-refractivity contribution in [2.45, 2.75) is 19.4 Å². The zero-order valence-electron chi connectivity index (χ0n) is 9.60. The molecule has 1 aliphatic heterocycles. The summed E-state index contributed by atoms with van der Waals surface area (Å²) in [6.45, 7) is 3.78. The monoisotopic (exact) mass is 250 g/mol. The number of hydrogen-bond acceptors (Lipinski definition) is 4. The molecular weight excluding hydrogens is 232 g/mol. The zero-order valence-corrected chi connectivity index (χ0v) is 10.4. The summed E-state index contributed by atoms with van der Waals surface area (Å²) in [4.78, 5) is 13.4. The van der Waals surface area contributed by atoms with Crippen LogP contribution in [0.2, 0.25) is 0 Å². The summed E-state index contributed by atoms with van der Waals surface area (Å²) < 4.78 is 29.2. The fourth-order valence-corrected chi connectivity index (χ4v) is 2.02. The Labute approximate surface area is 96.0 Å². The van der Waals surface area contributed by atoms with Gasteiger partial charge in [0.05, 0.1) is 19.0 Å². The third-order valence-electron chi connectivity index (χ3n) is 2.30. The standard InChI is InChI=1S/C9H18N2O4S/c1-8-7-11(5-6-15-8)9(12)3-4-10-16(2,13)14/h8,10H,3-7H2,1-2H3. The SMILES string of the molecule is CC1CN(C(=O)CCNS(C)(=O)=O)CCO1. The minimum absolute atomic E-state index is 0.0358. The van der Waals surface area contributed by atoms with Crippen LogP contribution in [0.5, 0.6) is 0 Å². The van der Waals surface area contributed by atoms with Gasteiger partial charge in [0, 0.05) is 26.1 Å². The Kier molecular flexibility index (Phi) is 4.69. The lowest BCUT2D eigenvalue weighted by atomic mass is 10.2. The molecule has 1 rings (SSSR count). The summed E-state index contributed by atoms with van der Waals surface area (Å²) >= 11 is 0. The van der Waals surface area contributed by atoms with Gasteiger partial charge >= 0.3 is 0 Å². The highest BCUT2D eigenvalue weighted by atomic mass is 32.2. The van der Waals surface area contributed by atoms with E-state index in [2.05, 4.69) is 4.72 Å². The molecule has 1 N–H and O–H groups in total. The van der Waals surface area contributed by atoms with Crippen molar-refractivity contribution < 1.29 is 17.9 Å². The van der Waals surface area contributed by atoms with Crippen molar-refractivity contribution in [2.24, 2.45) is 0 Å². The fraction of sp³-hybridized carbons (Fsp3) is 0.889. The quantitative estimate of drug-likeness (QED) is 0.707. The van der Waals surface area contributed by atoms with Gasteiger partial charge in [-0.05, 0) is 6.92 Å². The van der Waals surface area contributed by atoms with Gasteiger partial charge in [0.25, 0.3) is 0 Å². The van der Waals surface area contributed by atoms with Gasteiger partial charge in [0.15, 0.2) is 0 Å². The lowest BCUT2D eigenvalue weighted by molar-refractivity contribution is -0.137. The second-order valence-corrected chi connectivity index (χ2v) is 5.77. The third kappa shape index (κ3) is 4.91. The summed E-state index contributed by atoms with van der Waals surface area (Å²) in [6.07, 6.45) is 1.33. The van der Waals surface area contributed by atoms with Gasteiger partial charge in [-0.15, -0.1) is 0 Å². The molecule has 1 fully saturated rings. The van der Waals surface area contributed by atoms with E-state index in [-0.39, 0.29) is 25.0 Å². The second-order valence-electron chi connectivity index (χ2n) is 3.94. The van der Waals surface area contributed by atoms with E-state index in [9.17, 15) is 13.2 Å². The minimum Gasteiger partial charge on any atom is -0.375 e. The summed E-state index contributed by atoms with van der Waals surface area (Å²) in [5.41, 5.74) is 0. The van der Waals surface area contributed by atoms with Gasteiger partial charge in [0.1, 0.15) is 0 Å². The van der Waals surface area contributed by atoms with E-state index in [0.717, 1.165) is 6.26 Å². The first-order chi connectivity index (χ1) is 7.38. The molecule has 1 heterocycles. The fourth-order valence-electron chi connectivity index (χ4n) is 1.55. The molecule has 1 unspecified atom stereocenters. The number of hydrogen-bond donors (Lipinski definition) is 1. The Morgan fingerprint density at radius 2 is 2.25 bits per heavy atom. The van der Waals surface area contributed by atoms with Crippen molar-refractivity contribution >= 4 is 15.9 Å². The number of ether oxygens (including phenoxy) is 1. The van der Waals surface area contributed by atoms with Crippen molar-refractivity contribution in [2.75, 3.05) is 32.5 Å². The Balaban J connectivity index is 2.29. The van der Waals surface area contributed by atoms with Crippen molar-refractivity contribution in [1.29, 1.82) is 0 Å². The maximum absolute atomic E-state index is 11.7. The molecule has 16 heavy (non-hydrogen) atoms.